The molecule has 1 aromatic carbocycles. The van der Waals surface area contributed by atoms with Gasteiger partial charge < -0.3 is 10.2 Å². The van der Waals surface area contributed by atoms with Crippen molar-refractivity contribution in [2.45, 2.75) is 30.7 Å². The van der Waals surface area contributed by atoms with Gasteiger partial charge in [-0.2, -0.15) is 5.10 Å². The highest BCUT2D eigenvalue weighted by molar-refractivity contribution is 7.84. The fourth-order valence-electron chi connectivity index (χ4n) is 2.92. The van der Waals surface area contributed by atoms with Crippen LogP contribution in [0.25, 0.3) is 0 Å². The van der Waals surface area contributed by atoms with Crippen molar-refractivity contribution in [3.8, 4) is 0 Å². The minimum absolute atomic E-state index is 0.103. The Morgan fingerprint density at radius 2 is 2.08 bits per heavy atom. The average molecular weight is 346 g/mol. The van der Waals surface area contributed by atoms with Crippen LogP contribution in [0, 0.1) is 6.92 Å². The Kier molecular flexibility index (Phi) is 4.99. The molecule has 1 aromatic heterocycles. The summed E-state index contributed by atoms with van der Waals surface area (Å²) >= 11 is 0. The van der Waals surface area contributed by atoms with Crippen molar-refractivity contribution in [1.29, 1.82) is 0 Å². The van der Waals surface area contributed by atoms with Gasteiger partial charge in [-0.25, -0.2) is 4.79 Å². The molecular weight excluding hydrogens is 324 g/mol. The number of carbonyl (C=O) groups is 1. The van der Waals surface area contributed by atoms with Gasteiger partial charge >= 0.3 is 6.03 Å². The highest BCUT2D eigenvalue weighted by atomic mass is 32.2. The van der Waals surface area contributed by atoms with E-state index in [0.717, 1.165) is 29.8 Å². The number of urea groups is 1. The summed E-state index contributed by atoms with van der Waals surface area (Å²) in [7, 11) is -1.01. The summed E-state index contributed by atoms with van der Waals surface area (Å²) in [5.74, 6) is 0. The third-order valence-corrected chi connectivity index (χ3v) is 5.16. The van der Waals surface area contributed by atoms with Crippen LogP contribution in [0.3, 0.4) is 0 Å². The molecule has 0 unspecified atom stereocenters. The third-order valence-electron chi connectivity index (χ3n) is 4.23. The number of piperidine rings is 1. The second-order valence-corrected chi connectivity index (χ2v) is 7.53. The van der Waals surface area contributed by atoms with Gasteiger partial charge in [0.25, 0.3) is 0 Å². The molecule has 1 aliphatic rings. The van der Waals surface area contributed by atoms with Crippen LogP contribution < -0.4 is 5.32 Å². The topological polar surface area (TPSA) is 67.2 Å². The van der Waals surface area contributed by atoms with Crippen molar-refractivity contribution < 1.29 is 9.00 Å². The Bertz CT molecular complexity index is 741. The Morgan fingerprint density at radius 1 is 1.33 bits per heavy atom. The zero-order valence-corrected chi connectivity index (χ0v) is 14.8. The molecule has 0 radical (unpaired) electrons. The second kappa shape index (κ2) is 7.17. The van der Waals surface area contributed by atoms with E-state index in [4.69, 9.17) is 0 Å². The van der Waals surface area contributed by atoms with E-state index < -0.39 is 10.8 Å². The van der Waals surface area contributed by atoms with E-state index in [1.165, 1.54) is 0 Å². The van der Waals surface area contributed by atoms with Crippen LogP contribution >= 0.6 is 0 Å². The number of amides is 2. The number of aromatic nitrogens is 2. The molecule has 128 valence electrons. The second-order valence-electron chi connectivity index (χ2n) is 6.15. The summed E-state index contributed by atoms with van der Waals surface area (Å²) in [5, 5.41) is 7.29. The van der Waals surface area contributed by atoms with Crippen LogP contribution in [-0.4, -0.2) is 44.3 Å². The van der Waals surface area contributed by atoms with E-state index in [1.807, 2.05) is 28.9 Å². The Labute approximate surface area is 144 Å². The Morgan fingerprint density at radius 3 is 2.71 bits per heavy atom. The number of nitrogens with zero attached hydrogens (tertiary/aromatic N) is 3. The molecule has 1 saturated heterocycles. The first-order chi connectivity index (χ1) is 11.5. The van der Waals surface area contributed by atoms with E-state index in [2.05, 4.69) is 10.4 Å². The molecule has 0 bridgehead atoms. The van der Waals surface area contributed by atoms with Crippen molar-refractivity contribution in [3.63, 3.8) is 0 Å². The maximum atomic E-state index is 12.5. The molecule has 2 aromatic rings. The number of aryl methyl sites for hydroxylation is 1. The van der Waals surface area contributed by atoms with Crippen molar-refractivity contribution in [1.82, 2.24) is 14.7 Å². The van der Waals surface area contributed by atoms with Gasteiger partial charge in [-0.15, -0.1) is 0 Å². The molecule has 0 saturated carbocycles. The first kappa shape index (κ1) is 16.7. The quantitative estimate of drug-likeness (QED) is 0.929. The van der Waals surface area contributed by atoms with E-state index in [-0.39, 0.29) is 12.1 Å². The van der Waals surface area contributed by atoms with E-state index >= 15 is 0 Å². The number of anilines is 1. The van der Waals surface area contributed by atoms with Gasteiger partial charge in [-0.3, -0.25) is 8.89 Å². The molecule has 1 fully saturated rings. The molecule has 24 heavy (non-hydrogen) atoms. The lowest BCUT2D eigenvalue weighted by Crippen LogP contribution is -2.43. The third kappa shape index (κ3) is 3.84. The Balaban J connectivity index is 1.63. The standard InChI is InChI=1S/C17H22N4O2S/c1-13-10-18-21(11-13)15-4-3-9-20(12-15)17(22)19-14-5-7-16(8-6-14)24(2)23/h5-8,10-11,15H,3-4,9,12H2,1-2H3,(H,19,22)/t15-,24+/m0/s1. The number of carbonyl (C=O) groups excluding carboxylic acids is 1. The monoisotopic (exact) mass is 346 g/mol. The predicted octanol–water partition coefficient (Wildman–Crippen LogP) is 2.80. The summed E-state index contributed by atoms with van der Waals surface area (Å²) < 4.78 is 13.4. The normalized spacial score (nSPS) is 19.1. The van der Waals surface area contributed by atoms with Crippen LogP contribution in [0.1, 0.15) is 24.4 Å². The molecule has 1 N–H and O–H groups in total. The van der Waals surface area contributed by atoms with Gasteiger partial charge in [0.1, 0.15) is 0 Å². The summed E-state index contributed by atoms with van der Waals surface area (Å²) in [5.41, 5.74) is 1.84. The molecular formula is C17H22N4O2S. The molecule has 0 aliphatic carbocycles. The molecule has 6 nitrogen and oxygen atoms in total. The number of likely N-dealkylation sites (tertiary alicyclic amines) is 1. The SMILES string of the molecule is Cc1cnn([C@H]2CCCN(C(=O)Nc3ccc([S@@](C)=O)cc3)C2)c1. The minimum atomic E-state index is -1.01. The molecule has 2 atom stereocenters. The molecule has 2 amide bonds. The lowest BCUT2D eigenvalue weighted by Gasteiger charge is -2.32. The fraction of sp³-hybridized carbons (Fsp3) is 0.412. The van der Waals surface area contributed by atoms with Crippen LogP contribution in [0.2, 0.25) is 0 Å². The number of benzene rings is 1. The number of rotatable bonds is 3. The predicted molar refractivity (Wildman–Crippen MR) is 94.6 cm³/mol. The maximum absolute atomic E-state index is 12.5. The number of hydrogen-bond acceptors (Lipinski definition) is 3. The molecule has 0 spiro atoms. The van der Waals surface area contributed by atoms with Crippen molar-refractivity contribution in [2.24, 2.45) is 0 Å². The molecule has 3 rings (SSSR count). The van der Waals surface area contributed by atoms with Crippen LogP contribution in [0.4, 0.5) is 10.5 Å². The van der Waals surface area contributed by atoms with Gasteiger partial charge in [0.15, 0.2) is 0 Å². The maximum Gasteiger partial charge on any atom is 0.321 e. The largest absolute Gasteiger partial charge is 0.322 e. The van der Waals surface area contributed by atoms with Gasteiger partial charge in [0.2, 0.25) is 0 Å². The summed E-state index contributed by atoms with van der Waals surface area (Å²) in [6, 6.07) is 7.24. The van der Waals surface area contributed by atoms with Gasteiger partial charge in [0.05, 0.1) is 12.2 Å². The summed E-state index contributed by atoms with van der Waals surface area (Å²) in [6.07, 6.45) is 7.50. The van der Waals surface area contributed by atoms with Crippen molar-refractivity contribution >= 4 is 22.5 Å². The highest BCUT2D eigenvalue weighted by Gasteiger charge is 2.25. The van der Waals surface area contributed by atoms with Gasteiger partial charge in [-0.05, 0) is 49.6 Å². The van der Waals surface area contributed by atoms with Crippen LogP contribution in [0.5, 0.6) is 0 Å². The number of hydrogen-bond donors (Lipinski definition) is 1. The zero-order valence-electron chi connectivity index (χ0n) is 13.9. The lowest BCUT2D eigenvalue weighted by atomic mass is 10.1. The lowest BCUT2D eigenvalue weighted by molar-refractivity contribution is 0.175. The minimum Gasteiger partial charge on any atom is -0.322 e. The summed E-state index contributed by atoms with van der Waals surface area (Å²) in [6.45, 7) is 3.42. The smallest absolute Gasteiger partial charge is 0.321 e. The van der Waals surface area contributed by atoms with E-state index in [0.29, 0.717) is 12.2 Å². The summed E-state index contributed by atoms with van der Waals surface area (Å²) in [4.78, 5) is 15.1. The van der Waals surface area contributed by atoms with Crippen LogP contribution in [0.15, 0.2) is 41.6 Å². The van der Waals surface area contributed by atoms with Crippen molar-refractivity contribution in [3.05, 3.63) is 42.2 Å². The molecule has 1 aliphatic heterocycles. The first-order valence-corrected chi connectivity index (χ1v) is 9.59. The van der Waals surface area contributed by atoms with E-state index in [1.54, 1.807) is 30.5 Å². The van der Waals surface area contributed by atoms with Gasteiger partial charge in [0, 0.05) is 46.9 Å². The Hall–Kier alpha value is -2.15. The van der Waals surface area contributed by atoms with Crippen molar-refractivity contribution in [2.75, 3.05) is 24.7 Å². The molecule has 7 heteroatoms. The van der Waals surface area contributed by atoms with Crippen LogP contribution in [-0.2, 0) is 10.8 Å². The highest BCUT2D eigenvalue weighted by Crippen LogP contribution is 2.22. The zero-order chi connectivity index (χ0) is 17.1. The molecule has 2 heterocycles. The number of nitrogens with one attached hydrogen (secondary N) is 1. The van der Waals surface area contributed by atoms with E-state index in [9.17, 15) is 9.00 Å². The first-order valence-electron chi connectivity index (χ1n) is 8.03. The average Bonchev–Trinajstić information content (AvgIpc) is 3.02. The van der Waals surface area contributed by atoms with Gasteiger partial charge in [-0.1, -0.05) is 0 Å². The fourth-order valence-corrected chi connectivity index (χ4v) is 3.44.